The zero-order chi connectivity index (χ0) is 8.48. The lowest BCUT2D eigenvalue weighted by Crippen LogP contribution is -2.40. The van der Waals surface area contributed by atoms with Crippen LogP contribution in [-0.2, 0) is 10.3 Å². The molecule has 3 nitrogen and oxygen atoms in total. The van der Waals surface area contributed by atoms with Crippen molar-refractivity contribution in [3.8, 4) is 0 Å². The fourth-order valence-electron chi connectivity index (χ4n) is 0.834. The summed E-state index contributed by atoms with van der Waals surface area (Å²) in [6.07, 6.45) is 3.65. The number of amides is 1. The van der Waals surface area contributed by atoms with Crippen molar-refractivity contribution in [1.82, 2.24) is 4.57 Å². The van der Waals surface area contributed by atoms with Gasteiger partial charge in [-0.15, -0.1) is 0 Å². The highest BCUT2D eigenvalue weighted by molar-refractivity contribution is 5.81. The van der Waals surface area contributed by atoms with Crippen LogP contribution in [0.2, 0.25) is 0 Å². The van der Waals surface area contributed by atoms with Crippen LogP contribution < -0.4 is 5.73 Å². The summed E-state index contributed by atoms with van der Waals surface area (Å²) in [4.78, 5) is 10.9. The highest BCUT2D eigenvalue weighted by Gasteiger charge is 2.25. The second-order valence-corrected chi connectivity index (χ2v) is 3.01. The number of aromatic nitrogens is 1. The minimum atomic E-state index is -0.622. The summed E-state index contributed by atoms with van der Waals surface area (Å²) in [5.41, 5.74) is 4.58. The van der Waals surface area contributed by atoms with Crippen LogP contribution >= 0.6 is 0 Å². The second-order valence-electron chi connectivity index (χ2n) is 3.01. The molecule has 1 aromatic heterocycles. The van der Waals surface area contributed by atoms with Crippen molar-refractivity contribution < 1.29 is 4.79 Å². The van der Waals surface area contributed by atoms with Crippen molar-refractivity contribution in [2.24, 2.45) is 5.73 Å². The van der Waals surface area contributed by atoms with Gasteiger partial charge in [0.2, 0.25) is 5.91 Å². The van der Waals surface area contributed by atoms with E-state index in [1.54, 1.807) is 18.4 Å². The van der Waals surface area contributed by atoms with E-state index in [9.17, 15) is 4.79 Å². The molecule has 0 fully saturated rings. The molecule has 0 unspecified atom stereocenters. The molecule has 0 bridgehead atoms. The summed E-state index contributed by atoms with van der Waals surface area (Å²) in [6, 6.07) is 3.73. The van der Waals surface area contributed by atoms with E-state index in [-0.39, 0.29) is 5.91 Å². The van der Waals surface area contributed by atoms with Gasteiger partial charge in [0.15, 0.2) is 0 Å². The van der Waals surface area contributed by atoms with Crippen LogP contribution in [0, 0.1) is 0 Å². The SMILES string of the molecule is CC(C)(C(N)=O)n1cccc1. The van der Waals surface area contributed by atoms with E-state index in [0.717, 1.165) is 0 Å². The Kier molecular flexibility index (Phi) is 1.72. The van der Waals surface area contributed by atoms with E-state index in [0.29, 0.717) is 0 Å². The largest absolute Gasteiger partial charge is 0.368 e. The second kappa shape index (κ2) is 2.42. The molecule has 0 aromatic carbocycles. The number of hydrogen-bond donors (Lipinski definition) is 1. The molecule has 0 aliphatic carbocycles. The number of carbonyl (C=O) groups is 1. The van der Waals surface area contributed by atoms with E-state index in [2.05, 4.69) is 0 Å². The summed E-state index contributed by atoms with van der Waals surface area (Å²) in [7, 11) is 0. The molecule has 0 spiro atoms. The number of hydrogen-bond acceptors (Lipinski definition) is 1. The Morgan fingerprint density at radius 2 is 1.82 bits per heavy atom. The maximum absolute atomic E-state index is 10.9. The Labute approximate surface area is 65.8 Å². The molecule has 2 N–H and O–H groups in total. The van der Waals surface area contributed by atoms with E-state index in [1.165, 1.54) is 0 Å². The van der Waals surface area contributed by atoms with Crippen molar-refractivity contribution >= 4 is 5.91 Å². The van der Waals surface area contributed by atoms with Gasteiger partial charge in [0.25, 0.3) is 0 Å². The maximum atomic E-state index is 10.9. The van der Waals surface area contributed by atoms with Crippen LogP contribution in [0.25, 0.3) is 0 Å². The third-order valence-electron chi connectivity index (χ3n) is 1.85. The Morgan fingerprint density at radius 1 is 1.36 bits per heavy atom. The van der Waals surface area contributed by atoms with Crippen LogP contribution in [0.15, 0.2) is 24.5 Å². The summed E-state index contributed by atoms with van der Waals surface area (Å²) >= 11 is 0. The maximum Gasteiger partial charge on any atom is 0.243 e. The van der Waals surface area contributed by atoms with Gasteiger partial charge in [-0.05, 0) is 26.0 Å². The predicted octanol–water partition coefficient (Wildman–Crippen LogP) is 0.708. The van der Waals surface area contributed by atoms with Crippen LogP contribution in [0.3, 0.4) is 0 Å². The summed E-state index contributed by atoms with van der Waals surface area (Å²) in [6.45, 7) is 3.57. The van der Waals surface area contributed by atoms with E-state index < -0.39 is 5.54 Å². The Hall–Kier alpha value is -1.25. The zero-order valence-corrected chi connectivity index (χ0v) is 6.74. The van der Waals surface area contributed by atoms with Crippen molar-refractivity contribution in [2.45, 2.75) is 19.4 Å². The van der Waals surface area contributed by atoms with Gasteiger partial charge in [0.05, 0.1) is 0 Å². The molecule has 0 saturated carbocycles. The smallest absolute Gasteiger partial charge is 0.243 e. The normalized spacial score (nSPS) is 11.5. The first-order valence-electron chi connectivity index (χ1n) is 3.48. The van der Waals surface area contributed by atoms with Crippen molar-refractivity contribution in [2.75, 3.05) is 0 Å². The van der Waals surface area contributed by atoms with Gasteiger partial charge < -0.3 is 10.3 Å². The molecule has 3 heteroatoms. The lowest BCUT2D eigenvalue weighted by Gasteiger charge is -2.22. The molecule has 1 heterocycles. The Balaban J connectivity index is 3.00. The molecule has 1 aromatic rings. The molecule has 11 heavy (non-hydrogen) atoms. The number of nitrogens with zero attached hydrogens (tertiary/aromatic N) is 1. The van der Waals surface area contributed by atoms with E-state index >= 15 is 0 Å². The molecule has 60 valence electrons. The molecule has 1 amide bonds. The van der Waals surface area contributed by atoms with Gasteiger partial charge in [-0.25, -0.2) is 0 Å². The molecule has 0 aliphatic heterocycles. The molecule has 0 saturated heterocycles. The van der Waals surface area contributed by atoms with Gasteiger partial charge >= 0.3 is 0 Å². The monoisotopic (exact) mass is 152 g/mol. The van der Waals surface area contributed by atoms with Gasteiger partial charge in [-0.3, -0.25) is 4.79 Å². The summed E-state index contributed by atoms with van der Waals surface area (Å²) in [5.74, 6) is -0.325. The standard InChI is InChI=1S/C8H12N2O/c1-8(2,7(9)11)10-5-3-4-6-10/h3-6H,1-2H3,(H2,9,11). The van der Waals surface area contributed by atoms with E-state index in [1.807, 2.05) is 24.5 Å². The predicted molar refractivity (Wildman–Crippen MR) is 42.9 cm³/mol. The van der Waals surface area contributed by atoms with E-state index in [4.69, 9.17) is 5.73 Å². The first kappa shape index (κ1) is 7.85. The van der Waals surface area contributed by atoms with Crippen molar-refractivity contribution in [3.63, 3.8) is 0 Å². The lowest BCUT2D eigenvalue weighted by molar-refractivity contribution is -0.125. The van der Waals surface area contributed by atoms with Gasteiger partial charge in [-0.2, -0.15) is 0 Å². The van der Waals surface area contributed by atoms with Crippen molar-refractivity contribution in [3.05, 3.63) is 24.5 Å². The Morgan fingerprint density at radius 3 is 2.18 bits per heavy atom. The highest BCUT2D eigenvalue weighted by atomic mass is 16.1. The van der Waals surface area contributed by atoms with Gasteiger partial charge in [0, 0.05) is 12.4 Å². The average molecular weight is 152 g/mol. The number of primary amides is 1. The quantitative estimate of drug-likeness (QED) is 0.666. The third-order valence-corrected chi connectivity index (χ3v) is 1.85. The first-order valence-corrected chi connectivity index (χ1v) is 3.48. The van der Waals surface area contributed by atoms with Crippen LogP contribution in [0.5, 0.6) is 0 Å². The fourth-order valence-corrected chi connectivity index (χ4v) is 0.834. The number of nitrogens with two attached hydrogens (primary N) is 1. The van der Waals surface area contributed by atoms with Gasteiger partial charge in [-0.1, -0.05) is 0 Å². The third kappa shape index (κ3) is 1.27. The molecule has 1 rings (SSSR count). The van der Waals surface area contributed by atoms with Crippen molar-refractivity contribution in [1.29, 1.82) is 0 Å². The van der Waals surface area contributed by atoms with Crippen LogP contribution in [0.1, 0.15) is 13.8 Å². The molecule has 0 radical (unpaired) electrons. The van der Waals surface area contributed by atoms with Crippen LogP contribution in [0.4, 0.5) is 0 Å². The molecule has 0 aliphatic rings. The molecular formula is C8H12N2O. The average Bonchev–Trinajstić information content (AvgIpc) is 2.37. The minimum Gasteiger partial charge on any atom is -0.368 e. The minimum absolute atomic E-state index is 0.325. The Bertz CT molecular complexity index is 249. The fraction of sp³-hybridized carbons (Fsp3) is 0.375. The lowest BCUT2D eigenvalue weighted by atomic mass is 10.1. The number of rotatable bonds is 2. The summed E-state index contributed by atoms with van der Waals surface area (Å²) < 4.78 is 1.79. The van der Waals surface area contributed by atoms with Crippen LogP contribution in [-0.4, -0.2) is 10.5 Å². The molecular weight excluding hydrogens is 140 g/mol. The molecule has 0 atom stereocenters. The topological polar surface area (TPSA) is 48.0 Å². The number of carbonyl (C=O) groups excluding carboxylic acids is 1. The van der Waals surface area contributed by atoms with Gasteiger partial charge in [0.1, 0.15) is 5.54 Å². The zero-order valence-electron chi connectivity index (χ0n) is 6.74. The first-order chi connectivity index (χ1) is 5.05. The highest BCUT2D eigenvalue weighted by Crippen LogP contribution is 2.13. The summed E-state index contributed by atoms with van der Waals surface area (Å²) in [5, 5.41) is 0.